The smallest absolute Gasteiger partial charge is 0.220 e. The highest BCUT2D eigenvalue weighted by Gasteiger charge is 2.06. The Morgan fingerprint density at radius 3 is 1.80 bits per heavy atom. The van der Waals surface area contributed by atoms with Crippen LogP contribution in [0.1, 0.15) is 36.0 Å². The number of hydrogen-bond acceptors (Lipinski definition) is 6. The van der Waals surface area contributed by atoms with Gasteiger partial charge in [0, 0.05) is 31.5 Å². The average Bonchev–Trinajstić information content (AvgIpc) is 2.78. The molecule has 2 N–H and O–H groups in total. The van der Waals surface area contributed by atoms with E-state index in [1.54, 1.807) is 0 Å². The number of benzene rings is 2. The summed E-state index contributed by atoms with van der Waals surface area (Å²) in [5.41, 5.74) is 4.01. The first-order chi connectivity index (χ1) is 14.6. The van der Waals surface area contributed by atoms with Crippen LogP contribution in [0, 0.1) is 6.92 Å². The zero-order valence-electron chi connectivity index (χ0n) is 16.8. The van der Waals surface area contributed by atoms with Gasteiger partial charge in [-0.05, 0) is 24.5 Å². The third kappa shape index (κ3) is 6.73. The van der Waals surface area contributed by atoms with Gasteiger partial charge in [-0.2, -0.15) is 0 Å². The molecular formula is C22H24N6O2. The van der Waals surface area contributed by atoms with E-state index in [-0.39, 0.29) is 11.8 Å². The minimum Gasteiger partial charge on any atom is -0.352 e. The van der Waals surface area contributed by atoms with Crippen LogP contribution in [0.2, 0.25) is 0 Å². The van der Waals surface area contributed by atoms with Gasteiger partial charge in [-0.1, -0.05) is 54.1 Å². The van der Waals surface area contributed by atoms with Crippen LogP contribution in [-0.4, -0.2) is 32.2 Å². The Morgan fingerprint density at radius 2 is 1.27 bits per heavy atom. The summed E-state index contributed by atoms with van der Waals surface area (Å²) in [6.07, 6.45) is 2.43. The number of rotatable bonds is 9. The second kappa shape index (κ2) is 10.8. The molecule has 2 aromatic carbocycles. The van der Waals surface area contributed by atoms with E-state index in [2.05, 4.69) is 31.0 Å². The van der Waals surface area contributed by atoms with E-state index in [9.17, 15) is 9.59 Å². The predicted molar refractivity (Wildman–Crippen MR) is 112 cm³/mol. The minimum atomic E-state index is -0.0785. The summed E-state index contributed by atoms with van der Waals surface area (Å²) in [5, 5.41) is 21.0. The molecule has 0 bridgehead atoms. The molecule has 0 spiro atoms. The summed E-state index contributed by atoms with van der Waals surface area (Å²) in [6, 6.07) is 15.5. The molecule has 30 heavy (non-hydrogen) atoms. The van der Waals surface area contributed by atoms with Gasteiger partial charge in [0.05, 0.1) is 0 Å². The van der Waals surface area contributed by atoms with Gasteiger partial charge < -0.3 is 10.6 Å². The molecule has 2 amide bonds. The summed E-state index contributed by atoms with van der Waals surface area (Å²) in [4.78, 5) is 23.9. The van der Waals surface area contributed by atoms with Crippen molar-refractivity contribution in [3.05, 3.63) is 71.5 Å². The van der Waals surface area contributed by atoms with Crippen LogP contribution in [0.15, 0.2) is 54.9 Å². The fourth-order valence-corrected chi connectivity index (χ4v) is 2.78. The van der Waals surface area contributed by atoms with Crippen molar-refractivity contribution in [3.8, 4) is 11.4 Å². The number of carbonyl (C=O) groups excluding carboxylic acids is 2. The number of nitrogens with zero attached hydrogens (tertiary/aromatic N) is 4. The van der Waals surface area contributed by atoms with Crippen LogP contribution in [-0.2, 0) is 22.7 Å². The van der Waals surface area contributed by atoms with Gasteiger partial charge >= 0.3 is 0 Å². The largest absolute Gasteiger partial charge is 0.352 e. The molecule has 0 aliphatic carbocycles. The second-order valence-corrected chi connectivity index (χ2v) is 6.96. The highest BCUT2D eigenvalue weighted by atomic mass is 16.2. The first kappa shape index (κ1) is 21.0. The third-order valence-corrected chi connectivity index (χ3v) is 4.53. The van der Waals surface area contributed by atoms with Gasteiger partial charge in [-0.15, -0.1) is 20.4 Å². The van der Waals surface area contributed by atoms with Gasteiger partial charge in [-0.25, -0.2) is 0 Å². The van der Waals surface area contributed by atoms with Crippen LogP contribution in [0.5, 0.6) is 0 Å². The lowest BCUT2D eigenvalue weighted by atomic mass is 10.1. The Labute approximate surface area is 175 Å². The van der Waals surface area contributed by atoms with E-state index < -0.39 is 0 Å². The molecule has 8 heteroatoms. The number of amides is 2. The van der Waals surface area contributed by atoms with Crippen molar-refractivity contribution in [3.63, 3.8) is 0 Å². The quantitative estimate of drug-likeness (QED) is 0.566. The van der Waals surface area contributed by atoms with Crippen molar-refractivity contribution in [2.75, 3.05) is 0 Å². The molecule has 0 aliphatic heterocycles. The number of aryl methyl sites for hydroxylation is 1. The van der Waals surface area contributed by atoms with E-state index in [0.29, 0.717) is 38.2 Å². The maximum absolute atomic E-state index is 12.0. The van der Waals surface area contributed by atoms with Gasteiger partial charge in [0.25, 0.3) is 0 Å². The number of aromatic nitrogens is 4. The van der Waals surface area contributed by atoms with E-state index in [1.807, 2.05) is 55.5 Å². The van der Waals surface area contributed by atoms with Crippen molar-refractivity contribution in [1.82, 2.24) is 31.0 Å². The summed E-state index contributed by atoms with van der Waals surface area (Å²) < 4.78 is 0. The van der Waals surface area contributed by atoms with E-state index in [1.165, 1.54) is 11.9 Å². The topological polar surface area (TPSA) is 110 Å². The van der Waals surface area contributed by atoms with Crippen molar-refractivity contribution in [2.24, 2.45) is 0 Å². The Balaban J connectivity index is 1.32. The number of nitrogens with one attached hydrogen (secondary N) is 2. The summed E-state index contributed by atoms with van der Waals surface area (Å²) >= 11 is 0. The number of carbonyl (C=O) groups is 2. The highest BCUT2D eigenvalue weighted by Crippen LogP contribution is 2.13. The van der Waals surface area contributed by atoms with Gasteiger partial charge in [0.15, 0.2) is 6.33 Å². The maximum Gasteiger partial charge on any atom is 0.220 e. The summed E-state index contributed by atoms with van der Waals surface area (Å²) in [7, 11) is 0. The fraction of sp³-hybridized carbons (Fsp3) is 0.273. The molecule has 0 atom stereocenters. The van der Waals surface area contributed by atoms with Crippen LogP contribution >= 0.6 is 0 Å². The molecule has 0 radical (unpaired) electrons. The van der Waals surface area contributed by atoms with Crippen LogP contribution < -0.4 is 10.6 Å². The molecule has 0 aliphatic rings. The Morgan fingerprint density at radius 1 is 0.767 bits per heavy atom. The van der Waals surface area contributed by atoms with Crippen LogP contribution in [0.3, 0.4) is 0 Å². The van der Waals surface area contributed by atoms with Crippen LogP contribution in [0.25, 0.3) is 11.4 Å². The van der Waals surface area contributed by atoms with Gasteiger partial charge in [0.2, 0.25) is 17.6 Å². The van der Waals surface area contributed by atoms with Gasteiger partial charge in [-0.3, -0.25) is 9.59 Å². The zero-order valence-corrected chi connectivity index (χ0v) is 16.8. The highest BCUT2D eigenvalue weighted by molar-refractivity contribution is 5.78. The molecule has 0 unspecified atom stereocenters. The Bertz CT molecular complexity index is 959. The summed E-state index contributed by atoms with van der Waals surface area (Å²) in [6.45, 7) is 2.95. The minimum absolute atomic E-state index is 0.0499. The van der Waals surface area contributed by atoms with E-state index >= 15 is 0 Å². The Kier molecular flexibility index (Phi) is 7.54. The lowest BCUT2D eigenvalue weighted by molar-refractivity contribution is -0.122. The van der Waals surface area contributed by atoms with E-state index in [4.69, 9.17) is 0 Å². The molecule has 154 valence electrons. The number of hydrogen-bond donors (Lipinski definition) is 2. The van der Waals surface area contributed by atoms with Crippen molar-refractivity contribution >= 4 is 11.8 Å². The van der Waals surface area contributed by atoms with Crippen molar-refractivity contribution < 1.29 is 9.59 Å². The standard InChI is InChI=1S/C22H24N6O2/c1-16-5-7-17(8-6-16)13-23-20(29)3-2-4-21(30)24-14-18-9-11-19(12-10-18)22-27-25-15-26-28-22/h5-12,15H,2-4,13-14H2,1H3,(H,23,29)(H,24,30). The molecule has 1 heterocycles. The molecular weight excluding hydrogens is 380 g/mol. The monoisotopic (exact) mass is 404 g/mol. The first-order valence-electron chi connectivity index (χ1n) is 9.79. The second-order valence-electron chi connectivity index (χ2n) is 6.96. The molecule has 0 saturated heterocycles. The zero-order chi connectivity index (χ0) is 21.2. The lowest BCUT2D eigenvalue weighted by Gasteiger charge is -2.07. The van der Waals surface area contributed by atoms with Crippen molar-refractivity contribution in [2.45, 2.75) is 39.3 Å². The summed E-state index contributed by atoms with van der Waals surface area (Å²) in [5.74, 6) is 0.324. The third-order valence-electron chi connectivity index (χ3n) is 4.53. The molecule has 3 aromatic rings. The first-order valence-corrected chi connectivity index (χ1v) is 9.79. The Hall–Kier alpha value is -3.68. The molecule has 8 nitrogen and oxygen atoms in total. The average molecular weight is 404 g/mol. The normalized spacial score (nSPS) is 10.4. The SMILES string of the molecule is Cc1ccc(CNC(=O)CCCC(=O)NCc2ccc(-c3nncnn3)cc2)cc1. The molecule has 3 rings (SSSR count). The predicted octanol–water partition coefficient (Wildman–Crippen LogP) is 2.34. The maximum atomic E-state index is 12.0. The lowest BCUT2D eigenvalue weighted by Crippen LogP contribution is -2.25. The van der Waals surface area contributed by atoms with Crippen molar-refractivity contribution in [1.29, 1.82) is 0 Å². The van der Waals surface area contributed by atoms with Gasteiger partial charge in [0.1, 0.15) is 0 Å². The fourth-order valence-electron chi connectivity index (χ4n) is 2.78. The molecule has 1 aromatic heterocycles. The molecule has 0 fully saturated rings. The molecule has 0 saturated carbocycles. The van der Waals surface area contributed by atoms with E-state index in [0.717, 1.165) is 16.7 Å². The van der Waals surface area contributed by atoms with Crippen LogP contribution in [0.4, 0.5) is 0 Å².